The Balaban J connectivity index is 1.91. The Morgan fingerprint density at radius 2 is 2.07 bits per heavy atom. The van der Waals surface area contributed by atoms with Gasteiger partial charge in [-0.05, 0) is 0 Å². The summed E-state index contributed by atoms with van der Waals surface area (Å²) in [6.45, 7) is 8.92. The molecule has 2 rings (SSSR count). The van der Waals surface area contributed by atoms with Gasteiger partial charge in [0.1, 0.15) is 5.82 Å². The molecular weight excluding hydrogens is 188 g/mol. The summed E-state index contributed by atoms with van der Waals surface area (Å²) in [5, 5.41) is 0. The van der Waals surface area contributed by atoms with E-state index in [1.54, 1.807) is 12.4 Å². The standard InChI is InChI=1S/C11H16N4/c1-2-5-14-6-8-15(9-7-14)11-10-12-3-4-13-11/h2-4,10H,1,5-9H2. The van der Waals surface area contributed by atoms with E-state index in [9.17, 15) is 0 Å². The summed E-state index contributed by atoms with van der Waals surface area (Å²) in [4.78, 5) is 13.0. The molecule has 4 heteroatoms. The molecule has 1 saturated heterocycles. The van der Waals surface area contributed by atoms with Gasteiger partial charge < -0.3 is 4.90 Å². The predicted molar refractivity (Wildman–Crippen MR) is 60.9 cm³/mol. The zero-order valence-electron chi connectivity index (χ0n) is 8.84. The van der Waals surface area contributed by atoms with Gasteiger partial charge in [0.25, 0.3) is 0 Å². The second kappa shape index (κ2) is 4.89. The van der Waals surface area contributed by atoms with Crippen molar-refractivity contribution < 1.29 is 0 Å². The SMILES string of the molecule is C=CCN1CCN(c2cnccn2)CC1. The Hall–Kier alpha value is -1.42. The molecule has 1 aromatic rings. The summed E-state index contributed by atoms with van der Waals surface area (Å²) in [5.41, 5.74) is 0. The second-order valence-electron chi connectivity index (χ2n) is 3.64. The van der Waals surface area contributed by atoms with Crippen LogP contribution < -0.4 is 4.90 Å². The van der Waals surface area contributed by atoms with E-state index >= 15 is 0 Å². The maximum Gasteiger partial charge on any atom is 0.147 e. The topological polar surface area (TPSA) is 32.3 Å². The van der Waals surface area contributed by atoms with Crippen LogP contribution in [0.5, 0.6) is 0 Å². The van der Waals surface area contributed by atoms with Crippen LogP contribution >= 0.6 is 0 Å². The predicted octanol–water partition coefficient (Wildman–Crippen LogP) is 0.785. The summed E-state index contributed by atoms with van der Waals surface area (Å²) in [6, 6.07) is 0. The normalized spacial score (nSPS) is 17.7. The minimum atomic E-state index is 0.980. The largest absolute Gasteiger partial charge is 0.353 e. The van der Waals surface area contributed by atoms with Gasteiger partial charge in [0.05, 0.1) is 6.20 Å². The Morgan fingerprint density at radius 3 is 2.67 bits per heavy atom. The van der Waals surface area contributed by atoms with Crippen LogP contribution in [-0.4, -0.2) is 47.6 Å². The van der Waals surface area contributed by atoms with E-state index in [-0.39, 0.29) is 0 Å². The fourth-order valence-corrected chi connectivity index (χ4v) is 1.80. The van der Waals surface area contributed by atoms with Crippen LogP contribution in [0.3, 0.4) is 0 Å². The minimum absolute atomic E-state index is 0.980. The fourth-order valence-electron chi connectivity index (χ4n) is 1.80. The smallest absolute Gasteiger partial charge is 0.147 e. The molecule has 0 radical (unpaired) electrons. The first-order valence-corrected chi connectivity index (χ1v) is 5.24. The van der Waals surface area contributed by atoms with Crippen LogP contribution in [-0.2, 0) is 0 Å². The monoisotopic (exact) mass is 204 g/mol. The van der Waals surface area contributed by atoms with Crippen LogP contribution in [0, 0.1) is 0 Å². The molecule has 1 fully saturated rings. The first-order chi connectivity index (χ1) is 7.40. The Labute approximate surface area is 90.2 Å². The van der Waals surface area contributed by atoms with Crippen molar-refractivity contribution in [2.75, 3.05) is 37.6 Å². The highest BCUT2D eigenvalue weighted by Crippen LogP contribution is 2.10. The number of nitrogens with zero attached hydrogens (tertiary/aromatic N) is 4. The molecule has 15 heavy (non-hydrogen) atoms. The van der Waals surface area contributed by atoms with Crippen molar-refractivity contribution in [3.05, 3.63) is 31.2 Å². The van der Waals surface area contributed by atoms with Crippen LogP contribution in [0.2, 0.25) is 0 Å². The van der Waals surface area contributed by atoms with Crippen LogP contribution in [0.1, 0.15) is 0 Å². The van der Waals surface area contributed by atoms with Crippen molar-refractivity contribution in [2.24, 2.45) is 0 Å². The molecule has 4 nitrogen and oxygen atoms in total. The molecule has 0 bridgehead atoms. The number of hydrogen-bond acceptors (Lipinski definition) is 4. The van der Waals surface area contributed by atoms with Gasteiger partial charge in [0.2, 0.25) is 0 Å². The zero-order chi connectivity index (χ0) is 10.5. The molecule has 0 saturated carbocycles. The van der Waals surface area contributed by atoms with E-state index in [0.29, 0.717) is 0 Å². The number of rotatable bonds is 3. The third-order valence-electron chi connectivity index (χ3n) is 2.63. The Bertz CT molecular complexity index is 304. The number of anilines is 1. The van der Waals surface area contributed by atoms with E-state index in [1.165, 1.54) is 0 Å². The first-order valence-electron chi connectivity index (χ1n) is 5.24. The van der Waals surface area contributed by atoms with Crippen LogP contribution in [0.15, 0.2) is 31.2 Å². The van der Waals surface area contributed by atoms with E-state index in [2.05, 4.69) is 26.3 Å². The summed E-state index contributed by atoms with van der Waals surface area (Å²) < 4.78 is 0. The molecule has 0 atom stereocenters. The molecule has 80 valence electrons. The van der Waals surface area contributed by atoms with Gasteiger partial charge in [-0.1, -0.05) is 6.08 Å². The van der Waals surface area contributed by atoms with E-state index in [1.807, 2.05) is 12.3 Å². The quantitative estimate of drug-likeness (QED) is 0.681. The van der Waals surface area contributed by atoms with Crippen molar-refractivity contribution in [3.63, 3.8) is 0 Å². The number of piperazine rings is 1. The lowest BCUT2D eigenvalue weighted by Gasteiger charge is -2.34. The van der Waals surface area contributed by atoms with Crippen molar-refractivity contribution in [2.45, 2.75) is 0 Å². The molecule has 0 amide bonds. The van der Waals surface area contributed by atoms with Gasteiger partial charge >= 0.3 is 0 Å². The molecule has 1 aliphatic rings. The highest BCUT2D eigenvalue weighted by atomic mass is 15.3. The van der Waals surface area contributed by atoms with Crippen LogP contribution in [0.4, 0.5) is 5.82 Å². The highest BCUT2D eigenvalue weighted by molar-refractivity contribution is 5.35. The molecular formula is C11H16N4. The molecule has 1 aliphatic heterocycles. The minimum Gasteiger partial charge on any atom is -0.353 e. The average molecular weight is 204 g/mol. The molecule has 0 N–H and O–H groups in total. The van der Waals surface area contributed by atoms with Crippen molar-refractivity contribution in [1.29, 1.82) is 0 Å². The van der Waals surface area contributed by atoms with Crippen molar-refractivity contribution >= 4 is 5.82 Å². The number of hydrogen-bond donors (Lipinski definition) is 0. The van der Waals surface area contributed by atoms with E-state index in [0.717, 1.165) is 38.5 Å². The summed E-state index contributed by atoms with van der Waals surface area (Å²) >= 11 is 0. The lowest BCUT2D eigenvalue weighted by Crippen LogP contribution is -2.46. The maximum absolute atomic E-state index is 4.30. The Morgan fingerprint density at radius 1 is 1.27 bits per heavy atom. The van der Waals surface area contributed by atoms with Crippen molar-refractivity contribution in [3.8, 4) is 0 Å². The third kappa shape index (κ3) is 2.53. The molecule has 0 aliphatic carbocycles. The first kappa shape index (κ1) is 10.1. The van der Waals surface area contributed by atoms with Gasteiger partial charge in [0, 0.05) is 45.1 Å². The Kier molecular flexibility index (Phi) is 3.29. The summed E-state index contributed by atoms with van der Waals surface area (Å²) in [5.74, 6) is 0.982. The highest BCUT2D eigenvalue weighted by Gasteiger charge is 2.16. The van der Waals surface area contributed by atoms with Gasteiger partial charge in [-0.25, -0.2) is 4.98 Å². The number of aromatic nitrogens is 2. The van der Waals surface area contributed by atoms with E-state index < -0.39 is 0 Å². The molecule has 0 aromatic carbocycles. The second-order valence-corrected chi connectivity index (χ2v) is 3.64. The summed E-state index contributed by atoms with van der Waals surface area (Å²) in [6.07, 6.45) is 7.23. The fraction of sp³-hybridized carbons (Fsp3) is 0.455. The maximum atomic E-state index is 4.30. The molecule has 0 spiro atoms. The summed E-state index contributed by atoms with van der Waals surface area (Å²) in [7, 11) is 0. The van der Waals surface area contributed by atoms with Gasteiger partial charge in [0.15, 0.2) is 0 Å². The van der Waals surface area contributed by atoms with Crippen molar-refractivity contribution in [1.82, 2.24) is 14.9 Å². The third-order valence-corrected chi connectivity index (χ3v) is 2.63. The van der Waals surface area contributed by atoms with E-state index in [4.69, 9.17) is 0 Å². The lowest BCUT2D eigenvalue weighted by molar-refractivity contribution is 0.283. The van der Waals surface area contributed by atoms with Gasteiger partial charge in [-0.15, -0.1) is 6.58 Å². The molecule has 1 aromatic heterocycles. The lowest BCUT2D eigenvalue weighted by atomic mass is 10.3. The average Bonchev–Trinajstić information content (AvgIpc) is 2.32. The van der Waals surface area contributed by atoms with Crippen LogP contribution in [0.25, 0.3) is 0 Å². The van der Waals surface area contributed by atoms with Gasteiger partial charge in [-0.2, -0.15) is 0 Å². The zero-order valence-corrected chi connectivity index (χ0v) is 8.84. The molecule has 2 heterocycles. The van der Waals surface area contributed by atoms with Gasteiger partial charge in [-0.3, -0.25) is 9.88 Å². The molecule has 0 unspecified atom stereocenters.